The molecule has 1 atom stereocenters. The summed E-state index contributed by atoms with van der Waals surface area (Å²) in [4.78, 5) is 14.5. The number of hydrogen-bond donors (Lipinski definition) is 1. The molecule has 1 aliphatic heterocycles. The number of hydrogen-bond acceptors (Lipinski definition) is 3. The smallest absolute Gasteiger partial charge is 0.248 e. The van der Waals surface area contributed by atoms with E-state index in [1.54, 1.807) is 22.5 Å². The molecular weight excluding hydrogens is 312 g/mol. The summed E-state index contributed by atoms with van der Waals surface area (Å²) < 4.78 is 27.5. The first kappa shape index (κ1) is 16.0. The molecule has 0 aliphatic carbocycles. The summed E-state index contributed by atoms with van der Waals surface area (Å²) in [6.45, 7) is 4.24. The molecule has 6 heteroatoms. The lowest BCUT2D eigenvalue weighted by molar-refractivity contribution is 0.394. The molecule has 1 N–H and O–H groups in total. The van der Waals surface area contributed by atoms with Crippen molar-refractivity contribution in [2.75, 3.05) is 6.54 Å². The van der Waals surface area contributed by atoms with Gasteiger partial charge in [0.25, 0.3) is 0 Å². The quantitative estimate of drug-likeness (QED) is 0.939. The zero-order valence-corrected chi connectivity index (χ0v) is 14.1. The Morgan fingerprint density at radius 3 is 2.43 bits per heavy atom. The number of benzene rings is 1. The number of sulfonamides is 1. The number of rotatable bonds is 3. The molecule has 1 aromatic carbocycles. The molecule has 3 rings (SSSR count). The Morgan fingerprint density at radius 1 is 1.09 bits per heavy atom. The van der Waals surface area contributed by atoms with Crippen LogP contribution in [0, 0.1) is 13.8 Å². The minimum absolute atomic E-state index is 0.169. The molecule has 0 radical (unpaired) electrons. The van der Waals surface area contributed by atoms with Gasteiger partial charge in [0.1, 0.15) is 0 Å². The van der Waals surface area contributed by atoms with Crippen molar-refractivity contribution in [2.24, 2.45) is 0 Å². The third-order valence-electron chi connectivity index (χ3n) is 4.35. The van der Waals surface area contributed by atoms with E-state index in [0.29, 0.717) is 11.4 Å². The highest BCUT2D eigenvalue weighted by molar-refractivity contribution is 7.89. The number of aromatic amines is 1. The Hall–Kier alpha value is -1.92. The van der Waals surface area contributed by atoms with Crippen molar-refractivity contribution in [2.45, 2.75) is 37.6 Å². The molecule has 2 heterocycles. The predicted molar refractivity (Wildman–Crippen MR) is 88.8 cm³/mol. The summed E-state index contributed by atoms with van der Waals surface area (Å²) in [5, 5.41) is 0. The van der Waals surface area contributed by atoms with Gasteiger partial charge in [0.2, 0.25) is 15.6 Å². The largest absolute Gasteiger partial charge is 0.326 e. The minimum Gasteiger partial charge on any atom is -0.326 e. The molecule has 1 aliphatic rings. The van der Waals surface area contributed by atoms with Crippen molar-refractivity contribution < 1.29 is 8.42 Å². The number of nitrogens with one attached hydrogen (secondary N) is 1. The van der Waals surface area contributed by atoms with Crippen molar-refractivity contribution in [3.05, 3.63) is 63.6 Å². The third kappa shape index (κ3) is 2.96. The van der Waals surface area contributed by atoms with Crippen LogP contribution < -0.4 is 5.56 Å². The van der Waals surface area contributed by atoms with Gasteiger partial charge in [-0.25, -0.2) is 8.42 Å². The van der Waals surface area contributed by atoms with Gasteiger partial charge in [0.05, 0.1) is 10.9 Å². The van der Waals surface area contributed by atoms with Crippen LogP contribution in [0.1, 0.15) is 35.7 Å². The van der Waals surface area contributed by atoms with E-state index in [-0.39, 0.29) is 11.6 Å². The second-order valence-corrected chi connectivity index (χ2v) is 7.88. The highest BCUT2D eigenvalue weighted by Gasteiger charge is 2.36. The molecule has 1 saturated heterocycles. The summed E-state index contributed by atoms with van der Waals surface area (Å²) in [5.74, 6) is 0. The summed E-state index contributed by atoms with van der Waals surface area (Å²) in [6.07, 6.45) is 1.58. The van der Waals surface area contributed by atoms with Gasteiger partial charge in [-0.3, -0.25) is 4.79 Å². The number of nitrogens with zero attached hydrogens (tertiary/aromatic N) is 1. The van der Waals surface area contributed by atoms with E-state index in [2.05, 4.69) is 4.98 Å². The van der Waals surface area contributed by atoms with E-state index in [9.17, 15) is 13.2 Å². The minimum atomic E-state index is -3.54. The van der Waals surface area contributed by atoms with Crippen molar-refractivity contribution in [1.29, 1.82) is 0 Å². The number of aromatic nitrogens is 1. The highest BCUT2D eigenvalue weighted by atomic mass is 32.2. The Morgan fingerprint density at radius 2 is 1.78 bits per heavy atom. The van der Waals surface area contributed by atoms with Crippen molar-refractivity contribution in [1.82, 2.24) is 9.29 Å². The Balaban J connectivity index is 2.01. The van der Waals surface area contributed by atoms with Gasteiger partial charge in [-0.1, -0.05) is 23.8 Å². The van der Waals surface area contributed by atoms with Crippen LogP contribution in [0.5, 0.6) is 0 Å². The van der Waals surface area contributed by atoms with Gasteiger partial charge >= 0.3 is 0 Å². The monoisotopic (exact) mass is 332 g/mol. The maximum atomic E-state index is 13.0. The van der Waals surface area contributed by atoms with Crippen molar-refractivity contribution >= 4 is 10.0 Å². The summed E-state index contributed by atoms with van der Waals surface area (Å²) >= 11 is 0. The van der Waals surface area contributed by atoms with Gasteiger partial charge in [-0.15, -0.1) is 0 Å². The second kappa shape index (κ2) is 5.94. The lowest BCUT2D eigenvalue weighted by Gasteiger charge is -2.25. The Labute approximate surface area is 136 Å². The summed E-state index contributed by atoms with van der Waals surface area (Å²) in [6, 6.07) is 9.89. The molecule has 5 nitrogen and oxygen atoms in total. The van der Waals surface area contributed by atoms with E-state index in [0.717, 1.165) is 29.7 Å². The van der Waals surface area contributed by atoms with Crippen LogP contribution in [0.4, 0.5) is 0 Å². The molecule has 0 spiro atoms. The SMILES string of the molecule is Cc1ccc(S(=O)(=O)N2CCCC2c2ccc(=O)[nH]c2C)cc1. The maximum Gasteiger partial charge on any atom is 0.248 e. The zero-order valence-electron chi connectivity index (χ0n) is 13.2. The van der Waals surface area contributed by atoms with Crippen LogP contribution in [-0.2, 0) is 10.0 Å². The lowest BCUT2D eigenvalue weighted by atomic mass is 10.0. The standard InChI is InChI=1S/C17H20N2O3S/c1-12-5-7-14(8-6-12)23(21,22)19-11-3-4-16(19)15-9-10-17(20)18-13(15)2/h5-10,16H,3-4,11H2,1-2H3,(H,18,20). The fourth-order valence-corrected chi connectivity index (χ4v) is 4.81. The Bertz CT molecular complexity index is 869. The van der Waals surface area contributed by atoms with E-state index in [1.165, 1.54) is 6.07 Å². The number of pyridine rings is 1. The molecule has 0 amide bonds. The average molecular weight is 332 g/mol. The second-order valence-electron chi connectivity index (χ2n) is 5.99. The van der Waals surface area contributed by atoms with E-state index in [1.807, 2.05) is 26.0 Å². The van der Waals surface area contributed by atoms with E-state index in [4.69, 9.17) is 0 Å². The summed E-state index contributed by atoms with van der Waals surface area (Å²) in [7, 11) is -3.54. The summed E-state index contributed by atoms with van der Waals surface area (Å²) in [5.41, 5.74) is 2.46. The van der Waals surface area contributed by atoms with Crippen LogP contribution >= 0.6 is 0 Å². The molecular formula is C17H20N2O3S. The molecule has 0 bridgehead atoms. The van der Waals surface area contributed by atoms with E-state index >= 15 is 0 Å². The van der Waals surface area contributed by atoms with Gasteiger partial charge in [-0.05, 0) is 44.4 Å². The topological polar surface area (TPSA) is 70.2 Å². The van der Waals surface area contributed by atoms with Gasteiger partial charge in [0, 0.05) is 18.3 Å². The van der Waals surface area contributed by atoms with Crippen LogP contribution in [0.25, 0.3) is 0 Å². The van der Waals surface area contributed by atoms with Gasteiger partial charge in [0.15, 0.2) is 0 Å². The zero-order chi connectivity index (χ0) is 16.6. The van der Waals surface area contributed by atoms with Gasteiger partial charge < -0.3 is 4.98 Å². The third-order valence-corrected chi connectivity index (χ3v) is 6.27. The Kier molecular flexibility index (Phi) is 4.12. The first-order chi connectivity index (χ1) is 10.9. The lowest BCUT2D eigenvalue weighted by Crippen LogP contribution is -2.31. The number of aryl methyl sites for hydroxylation is 2. The van der Waals surface area contributed by atoms with Crippen molar-refractivity contribution in [3.8, 4) is 0 Å². The molecule has 122 valence electrons. The average Bonchev–Trinajstić information content (AvgIpc) is 2.97. The van der Waals surface area contributed by atoms with Crippen LogP contribution in [0.15, 0.2) is 46.1 Å². The van der Waals surface area contributed by atoms with Crippen LogP contribution in [0.2, 0.25) is 0 Å². The first-order valence-electron chi connectivity index (χ1n) is 7.68. The molecule has 1 fully saturated rings. The van der Waals surface area contributed by atoms with Crippen LogP contribution in [-0.4, -0.2) is 24.3 Å². The molecule has 0 saturated carbocycles. The normalized spacial score (nSPS) is 19.1. The molecule has 1 aromatic heterocycles. The fourth-order valence-electron chi connectivity index (χ4n) is 3.13. The van der Waals surface area contributed by atoms with Crippen LogP contribution in [0.3, 0.4) is 0 Å². The van der Waals surface area contributed by atoms with Crippen molar-refractivity contribution in [3.63, 3.8) is 0 Å². The van der Waals surface area contributed by atoms with Gasteiger partial charge in [-0.2, -0.15) is 4.31 Å². The van der Waals surface area contributed by atoms with E-state index < -0.39 is 10.0 Å². The highest BCUT2D eigenvalue weighted by Crippen LogP contribution is 2.37. The first-order valence-corrected chi connectivity index (χ1v) is 9.12. The molecule has 2 aromatic rings. The fraction of sp³-hybridized carbons (Fsp3) is 0.353. The maximum absolute atomic E-state index is 13.0. The number of H-pyrrole nitrogens is 1. The predicted octanol–water partition coefficient (Wildman–Crippen LogP) is 2.52. The molecule has 23 heavy (non-hydrogen) atoms. The molecule has 1 unspecified atom stereocenters.